The number of ether oxygens (including phenoxy) is 4. The lowest BCUT2D eigenvalue weighted by Gasteiger charge is -2.21. The van der Waals surface area contributed by atoms with Crippen LogP contribution in [-0.4, -0.2) is 96.7 Å². The lowest BCUT2D eigenvalue weighted by Crippen LogP contribution is -2.30. The summed E-state index contributed by atoms with van der Waals surface area (Å²) in [6.07, 6.45) is 68.4. The van der Waals surface area contributed by atoms with Gasteiger partial charge in [-0.15, -0.1) is 0 Å². The Morgan fingerprint density at radius 2 is 0.481 bits per heavy atom. The predicted molar refractivity (Wildman–Crippen MR) is 437 cm³/mol. The van der Waals surface area contributed by atoms with Crippen LogP contribution < -0.4 is 0 Å². The van der Waals surface area contributed by atoms with Crippen LogP contribution in [0.15, 0.2) is 0 Å². The van der Waals surface area contributed by atoms with Gasteiger partial charge in [0.25, 0.3) is 0 Å². The zero-order valence-corrected chi connectivity index (χ0v) is 71.7. The highest BCUT2D eigenvalue weighted by Gasteiger charge is 2.31. The van der Waals surface area contributed by atoms with E-state index in [-0.39, 0.29) is 25.7 Å². The number of hydrogen-bond acceptors (Lipinski definition) is 15. The normalized spacial score (nSPS) is 14.1. The summed E-state index contributed by atoms with van der Waals surface area (Å²) in [4.78, 5) is 73.2. The highest BCUT2D eigenvalue weighted by molar-refractivity contribution is 7.47. The summed E-state index contributed by atoms with van der Waals surface area (Å²) in [6.45, 7) is 11.9. The van der Waals surface area contributed by atoms with Crippen LogP contribution in [0.5, 0.6) is 0 Å². The Balaban J connectivity index is 5.19. The van der Waals surface area contributed by atoms with Gasteiger partial charge in [0.05, 0.1) is 26.4 Å². The molecule has 3 unspecified atom stereocenters. The predicted octanol–water partition coefficient (Wildman–Crippen LogP) is 26.5. The molecule has 0 aromatic carbocycles. The maximum absolute atomic E-state index is 13.2. The number of phosphoric ester groups is 2. The van der Waals surface area contributed by atoms with E-state index < -0.39 is 97.5 Å². The first-order valence-corrected chi connectivity index (χ1v) is 47.9. The maximum Gasteiger partial charge on any atom is 0.472 e. The molecule has 0 spiro atoms. The first-order valence-electron chi connectivity index (χ1n) is 44.9. The second-order valence-corrected chi connectivity index (χ2v) is 35.4. The topological polar surface area (TPSA) is 237 Å². The van der Waals surface area contributed by atoms with Gasteiger partial charge in [-0.2, -0.15) is 0 Å². The second kappa shape index (κ2) is 77.0. The van der Waals surface area contributed by atoms with Crippen molar-refractivity contribution in [3.63, 3.8) is 0 Å². The van der Waals surface area contributed by atoms with Crippen molar-refractivity contribution in [2.75, 3.05) is 39.6 Å². The fourth-order valence-corrected chi connectivity index (χ4v) is 15.1. The van der Waals surface area contributed by atoms with Gasteiger partial charge in [0, 0.05) is 25.7 Å². The van der Waals surface area contributed by atoms with E-state index in [1.807, 2.05) is 0 Å². The van der Waals surface area contributed by atoms with Crippen LogP contribution >= 0.6 is 15.6 Å². The number of unbranched alkanes of at least 4 members (excludes halogenated alkanes) is 52. The molecule has 0 amide bonds. The average Bonchev–Trinajstić information content (AvgIpc) is 0.902. The lowest BCUT2D eigenvalue weighted by molar-refractivity contribution is -0.161. The number of hydrogen-bond donors (Lipinski definition) is 3. The molecular weight excluding hydrogens is 1380 g/mol. The largest absolute Gasteiger partial charge is 0.472 e. The third kappa shape index (κ3) is 78.7. The van der Waals surface area contributed by atoms with E-state index >= 15 is 0 Å². The van der Waals surface area contributed by atoms with Crippen LogP contribution in [0.4, 0.5) is 0 Å². The standard InChI is InChI=1S/C87H170O17P2/c1-8-10-11-12-13-14-15-16-17-18-19-20-21-22-27-30-33-36-42-47-56-63-70-86(91)103-82(74-97-84(89)68-61-54-46-41-35-32-29-26-24-23-25-28-31-34-39-44-51-58-65-78(3)4)76-101-105(93,94)99-72-81(88)73-100-106(95,96)102-77-83(75-98-85(90)69-62-55-50-49-52-59-66-79(5)6)104-87(92)71-64-57-48-43-38-37-40-45-53-60-67-80(7)9-2/h78-83,88H,8-77H2,1-7H3,(H,93,94)(H,95,96)/t80?,81-,82-,83-/m1/s1. The van der Waals surface area contributed by atoms with Crippen LogP contribution in [0.2, 0.25) is 0 Å². The molecule has 0 radical (unpaired) electrons. The molecule has 17 nitrogen and oxygen atoms in total. The van der Waals surface area contributed by atoms with Crippen molar-refractivity contribution in [2.24, 2.45) is 17.8 Å². The molecule has 19 heteroatoms. The van der Waals surface area contributed by atoms with Gasteiger partial charge in [0.1, 0.15) is 19.3 Å². The summed E-state index contributed by atoms with van der Waals surface area (Å²) in [5.74, 6) is 0.197. The average molecular weight is 1550 g/mol. The first kappa shape index (κ1) is 104. The van der Waals surface area contributed by atoms with Crippen LogP contribution in [0.3, 0.4) is 0 Å². The van der Waals surface area contributed by atoms with Gasteiger partial charge in [0.2, 0.25) is 0 Å². The van der Waals surface area contributed by atoms with Crippen molar-refractivity contribution in [3.8, 4) is 0 Å². The molecule has 0 aliphatic heterocycles. The second-order valence-electron chi connectivity index (χ2n) is 32.5. The van der Waals surface area contributed by atoms with Crippen molar-refractivity contribution in [3.05, 3.63) is 0 Å². The van der Waals surface area contributed by atoms with Gasteiger partial charge in [0.15, 0.2) is 12.2 Å². The summed E-state index contributed by atoms with van der Waals surface area (Å²) < 4.78 is 68.8. The van der Waals surface area contributed by atoms with Crippen LogP contribution in [-0.2, 0) is 65.4 Å². The third-order valence-corrected chi connectivity index (χ3v) is 22.6. The van der Waals surface area contributed by atoms with E-state index in [0.717, 1.165) is 108 Å². The summed E-state index contributed by atoms with van der Waals surface area (Å²) >= 11 is 0. The van der Waals surface area contributed by atoms with Crippen LogP contribution in [0.25, 0.3) is 0 Å². The zero-order valence-electron chi connectivity index (χ0n) is 69.9. The Hall–Kier alpha value is -1.94. The molecule has 6 atom stereocenters. The van der Waals surface area contributed by atoms with Crippen LogP contribution in [0, 0.1) is 17.8 Å². The molecule has 0 saturated heterocycles. The van der Waals surface area contributed by atoms with Crippen molar-refractivity contribution in [2.45, 2.75) is 478 Å². The number of rotatable bonds is 85. The Labute approximate surface area is 651 Å². The smallest absolute Gasteiger partial charge is 0.462 e. The van der Waals surface area contributed by atoms with Crippen molar-refractivity contribution >= 4 is 39.5 Å². The highest BCUT2D eigenvalue weighted by Crippen LogP contribution is 2.45. The van der Waals surface area contributed by atoms with Gasteiger partial charge >= 0.3 is 39.5 Å². The van der Waals surface area contributed by atoms with Crippen molar-refractivity contribution < 1.29 is 80.2 Å². The van der Waals surface area contributed by atoms with Gasteiger partial charge in [-0.05, 0) is 43.4 Å². The van der Waals surface area contributed by atoms with E-state index in [1.165, 1.54) is 263 Å². The van der Waals surface area contributed by atoms with E-state index in [2.05, 4.69) is 48.5 Å². The molecule has 0 saturated carbocycles. The van der Waals surface area contributed by atoms with E-state index in [4.69, 9.17) is 37.0 Å². The highest BCUT2D eigenvalue weighted by atomic mass is 31.2. The Morgan fingerprint density at radius 3 is 0.717 bits per heavy atom. The Kier molecular flexibility index (Phi) is 75.6. The van der Waals surface area contributed by atoms with Crippen LogP contribution in [0.1, 0.15) is 459 Å². The molecule has 630 valence electrons. The molecule has 0 aliphatic rings. The fourth-order valence-electron chi connectivity index (χ4n) is 13.5. The molecule has 0 fully saturated rings. The monoisotopic (exact) mass is 1550 g/mol. The number of carbonyl (C=O) groups is 4. The molecular formula is C87H170O17P2. The molecule has 3 N–H and O–H groups in total. The fraction of sp³-hybridized carbons (Fsp3) is 0.954. The van der Waals surface area contributed by atoms with Crippen molar-refractivity contribution in [1.82, 2.24) is 0 Å². The molecule has 0 aliphatic carbocycles. The van der Waals surface area contributed by atoms with Gasteiger partial charge in [-0.3, -0.25) is 37.3 Å². The maximum atomic E-state index is 13.2. The van der Waals surface area contributed by atoms with E-state index in [9.17, 15) is 43.2 Å². The van der Waals surface area contributed by atoms with Gasteiger partial charge < -0.3 is 33.8 Å². The number of phosphoric acid groups is 2. The number of aliphatic hydroxyl groups excluding tert-OH is 1. The molecule has 0 heterocycles. The summed E-state index contributed by atoms with van der Waals surface area (Å²) in [5, 5.41) is 10.7. The Bertz CT molecular complexity index is 2050. The van der Waals surface area contributed by atoms with Gasteiger partial charge in [-0.25, -0.2) is 9.13 Å². The van der Waals surface area contributed by atoms with E-state index in [1.54, 1.807) is 0 Å². The molecule has 0 aromatic rings. The number of esters is 4. The Morgan fingerprint density at radius 1 is 0.274 bits per heavy atom. The third-order valence-electron chi connectivity index (χ3n) is 20.7. The first-order chi connectivity index (χ1) is 51.3. The summed E-state index contributed by atoms with van der Waals surface area (Å²) in [7, 11) is -9.93. The van der Waals surface area contributed by atoms with Gasteiger partial charge in [-0.1, -0.05) is 408 Å². The summed E-state index contributed by atoms with van der Waals surface area (Å²) in [5.41, 5.74) is 0. The molecule has 106 heavy (non-hydrogen) atoms. The van der Waals surface area contributed by atoms with E-state index in [0.29, 0.717) is 31.6 Å². The molecule has 0 bridgehead atoms. The quantitative estimate of drug-likeness (QED) is 0.0222. The molecule has 0 rings (SSSR count). The lowest BCUT2D eigenvalue weighted by atomic mass is 9.99. The minimum atomic E-state index is -4.97. The van der Waals surface area contributed by atoms with Crippen molar-refractivity contribution in [1.29, 1.82) is 0 Å². The minimum Gasteiger partial charge on any atom is -0.462 e. The minimum absolute atomic E-state index is 0.105. The summed E-state index contributed by atoms with van der Waals surface area (Å²) in [6, 6.07) is 0. The number of aliphatic hydroxyl groups is 1. The molecule has 0 aromatic heterocycles. The SMILES string of the molecule is CCCCCCCCCCCCCCCCCCCCCCCCC(=O)O[C@H](COC(=O)CCCCCCCCCCCCCCCCCCCCC(C)C)COP(=O)(O)OC[C@@H](O)COP(=O)(O)OC[C@@H](COC(=O)CCCCCCCCC(C)C)OC(=O)CCCCCCCCCCCCC(C)CC. The number of carbonyl (C=O) groups excluding carboxylic acids is 4. The zero-order chi connectivity index (χ0) is 77.9.